The molecule has 0 bridgehead atoms. The molecule has 1 fully saturated rings. The van der Waals surface area contributed by atoms with Gasteiger partial charge in [-0.05, 0) is 44.0 Å². The number of carbonyl (C=O) groups is 2. The molecule has 0 unspecified atom stereocenters. The highest BCUT2D eigenvalue weighted by Crippen LogP contribution is 2.18. The third-order valence-electron chi connectivity index (χ3n) is 4.52. The normalized spacial score (nSPS) is 15.5. The lowest BCUT2D eigenvalue weighted by Crippen LogP contribution is -2.41. The van der Waals surface area contributed by atoms with Crippen LogP contribution in [0.4, 0.5) is 0 Å². The van der Waals surface area contributed by atoms with Gasteiger partial charge in [-0.3, -0.25) is 9.59 Å². The maximum atomic E-state index is 12.8. The van der Waals surface area contributed by atoms with E-state index < -0.39 is 0 Å². The number of nitrogens with one attached hydrogen (secondary N) is 2. The molecular weight excluding hydrogens is 328 g/mol. The van der Waals surface area contributed by atoms with Crippen molar-refractivity contribution in [3.8, 4) is 0 Å². The van der Waals surface area contributed by atoms with Gasteiger partial charge >= 0.3 is 0 Å². The summed E-state index contributed by atoms with van der Waals surface area (Å²) in [7, 11) is 0. The summed E-state index contributed by atoms with van der Waals surface area (Å²) >= 11 is 0. The molecule has 1 aliphatic carbocycles. The molecule has 0 radical (unpaired) electrons. The number of amides is 2. The molecule has 0 spiro atoms. The molecule has 1 saturated carbocycles. The number of aryl methyl sites for hydroxylation is 1. The monoisotopic (exact) mass is 352 g/mol. The Kier molecular flexibility index (Phi) is 5.89. The van der Waals surface area contributed by atoms with E-state index in [1.165, 1.54) is 6.42 Å². The summed E-state index contributed by atoms with van der Waals surface area (Å²) in [4.78, 5) is 25.2. The Morgan fingerprint density at radius 3 is 2.42 bits per heavy atom. The molecule has 5 heteroatoms. The molecule has 1 aliphatic rings. The number of hydrogen-bond acceptors (Lipinski definition) is 3. The predicted molar refractivity (Wildman–Crippen MR) is 100 cm³/mol. The molecule has 1 heterocycles. The van der Waals surface area contributed by atoms with E-state index >= 15 is 0 Å². The third-order valence-corrected chi connectivity index (χ3v) is 4.52. The topological polar surface area (TPSA) is 71.3 Å². The van der Waals surface area contributed by atoms with E-state index in [0.29, 0.717) is 11.3 Å². The highest BCUT2D eigenvalue weighted by atomic mass is 16.3. The van der Waals surface area contributed by atoms with Crippen LogP contribution in [-0.4, -0.2) is 17.9 Å². The first-order valence-corrected chi connectivity index (χ1v) is 9.07. The van der Waals surface area contributed by atoms with Crippen molar-refractivity contribution in [3.63, 3.8) is 0 Å². The Hall–Kier alpha value is -2.82. The second-order valence-electron chi connectivity index (χ2n) is 6.63. The standard InChI is InChI=1S/C21H24N2O3/c1-15-12-13-18(26-15)14-19(21(25)22-17-10-6-3-7-11-17)23-20(24)16-8-4-2-5-9-16/h2,4-5,8-9,12-14,17H,3,6-7,10-11H2,1H3,(H,22,25)(H,23,24). The van der Waals surface area contributed by atoms with E-state index in [1.54, 1.807) is 36.4 Å². The van der Waals surface area contributed by atoms with Gasteiger partial charge in [0.05, 0.1) is 0 Å². The molecule has 3 rings (SSSR count). The van der Waals surface area contributed by atoms with Crippen molar-refractivity contribution in [2.75, 3.05) is 0 Å². The molecule has 5 nitrogen and oxygen atoms in total. The fourth-order valence-electron chi connectivity index (χ4n) is 3.13. The van der Waals surface area contributed by atoms with Gasteiger partial charge in [-0.15, -0.1) is 0 Å². The summed E-state index contributed by atoms with van der Waals surface area (Å²) in [6, 6.07) is 12.6. The lowest BCUT2D eigenvalue weighted by molar-refractivity contribution is -0.118. The second-order valence-corrected chi connectivity index (χ2v) is 6.63. The van der Waals surface area contributed by atoms with Crippen LogP contribution >= 0.6 is 0 Å². The highest BCUT2D eigenvalue weighted by Gasteiger charge is 2.20. The van der Waals surface area contributed by atoms with Gasteiger partial charge in [-0.2, -0.15) is 0 Å². The Morgan fingerprint density at radius 2 is 1.77 bits per heavy atom. The van der Waals surface area contributed by atoms with Crippen LogP contribution in [0.25, 0.3) is 6.08 Å². The SMILES string of the molecule is Cc1ccc(C=C(NC(=O)c2ccccc2)C(=O)NC2CCCCC2)o1. The number of hydrogen-bond donors (Lipinski definition) is 2. The number of furan rings is 1. The van der Waals surface area contributed by atoms with Crippen molar-refractivity contribution in [1.82, 2.24) is 10.6 Å². The fourth-order valence-corrected chi connectivity index (χ4v) is 3.13. The summed E-state index contributed by atoms with van der Waals surface area (Å²) in [5.41, 5.74) is 0.693. The minimum atomic E-state index is -0.320. The van der Waals surface area contributed by atoms with Crippen LogP contribution in [0, 0.1) is 6.92 Å². The molecule has 0 aliphatic heterocycles. The predicted octanol–water partition coefficient (Wildman–Crippen LogP) is 3.81. The van der Waals surface area contributed by atoms with Crippen molar-refractivity contribution >= 4 is 17.9 Å². The summed E-state index contributed by atoms with van der Waals surface area (Å²) in [6.07, 6.45) is 6.99. The zero-order valence-corrected chi connectivity index (χ0v) is 15.0. The number of rotatable bonds is 5. The van der Waals surface area contributed by atoms with Crippen molar-refractivity contribution in [3.05, 3.63) is 65.2 Å². The summed E-state index contributed by atoms with van der Waals surface area (Å²) in [5.74, 6) is 0.677. The Bertz CT molecular complexity index is 787. The minimum absolute atomic E-state index is 0.159. The van der Waals surface area contributed by atoms with E-state index in [1.807, 2.05) is 19.1 Å². The van der Waals surface area contributed by atoms with E-state index in [-0.39, 0.29) is 23.6 Å². The minimum Gasteiger partial charge on any atom is -0.462 e. The molecular formula is C21H24N2O3. The fraction of sp³-hybridized carbons (Fsp3) is 0.333. The van der Waals surface area contributed by atoms with Crippen LogP contribution in [0.5, 0.6) is 0 Å². The zero-order chi connectivity index (χ0) is 18.4. The molecule has 26 heavy (non-hydrogen) atoms. The van der Waals surface area contributed by atoms with Gasteiger partial charge in [0.1, 0.15) is 17.2 Å². The second kappa shape index (κ2) is 8.52. The van der Waals surface area contributed by atoms with Gasteiger partial charge in [0.15, 0.2) is 0 Å². The van der Waals surface area contributed by atoms with Crippen LogP contribution in [0.1, 0.15) is 54.0 Å². The van der Waals surface area contributed by atoms with E-state index in [9.17, 15) is 9.59 Å². The van der Waals surface area contributed by atoms with Crippen LogP contribution < -0.4 is 10.6 Å². The van der Waals surface area contributed by atoms with Crippen molar-refractivity contribution in [2.45, 2.75) is 45.1 Å². The summed E-state index contributed by atoms with van der Waals surface area (Å²) < 4.78 is 5.53. The lowest BCUT2D eigenvalue weighted by atomic mass is 9.95. The maximum Gasteiger partial charge on any atom is 0.268 e. The van der Waals surface area contributed by atoms with Crippen molar-refractivity contribution < 1.29 is 14.0 Å². The molecule has 2 aromatic rings. The van der Waals surface area contributed by atoms with Crippen molar-refractivity contribution in [2.24, 2.45) is 0 Å². The molecule has 1 aromatic heterocycles. The molecule has 0 atom stereocenters. The summed E-state index contributed by atoms with van der Waals surface area (Å²) in [5, 5.41) is 5.77. The molecule has 1 aromatic carbocycles. The van der Waals surface area contributed by atoms with E-state index in [4.69, 9.17) is 4.42 Å². The summed E-state index contributed by atoms with van der Waals surface area (Å²) in [6.45, 7) is 1.83. The molecule has 0 saturated heterocycles. The Balaban J connectivity index is 1.78. The first kappa shape index (κ1) is 18.0. The lowest BCUT2D eigenvalue weighted by Gasteiger charge is -2.23. The smallest absolute Gasteiger partial charge is 0.268 e. The van der Waals surface area contributed by atoms with Crippen molar-refractivity contribution in [1.29, 1.82) is 0 Å². The number of benzene rings is 1. The first-order chi connectivity index (χ1) is 12.6. The largest absolute Gasteiger partial charge is 0.462 e. The molecule has 2 amide bonds. The third kappa shape index (κ3) is 4.85. The van der Waals surface area contributed by atoms with Gasteiger partial charge in [0.2, 0.25) is 0 Å². The van der Waals surface area contributed by atoms with E-state index in [0.717, 1.165) is 31.4 Å². The van der Waals surface area contributed by atoms with Gasteiger partial charge in [-0.1, -0.05) is 37.5 Å². The van der Waals surface area contributed by atoms with Crippen LogP contribution in [0.3, 0.4) is 0 Å². The zero-order valence-electron chi connectivity index (χ0n) is 15.0. The van der Waals surface area contributed by atoms with Gasteiger partial charge in [0, 0.05) is 17.7 Å². The quantitative estimate of drug-likeness (QED) is 0.804. The number of carbonyl (C=O) groups excluding carboxylic acids is 2. The van der Waals surface area contributed by atoms with Gasteiger partial charge in [-0.25, -0.2) is 0 Å². The van der Waals surface area contributed by atoms with Gasteiger partial charge in [0.25, 0.3) is 11.8 Å². The average Bonchev–Trinajstić information content (AvgIpc) is 3.07. The Labute approximate surface area is 153 Å². The first-order valence-electron chi connectivity index (χ1n) is 9.07. The van der Waals surface area contributed by atoms with Crippen LogP contribution in [0.2, 0.25) is 0 Å². The average molecular weight is 352 g/mol. The van der Waals surface area contributed by atoms with Crippen LogP contribution in [0.15, 0.2) is 52.6 Å². The maximum absolute atomic E-state index is 12.8. The Morgan fingerprint density at radius 1 is 1.04 bits per heavy atom. The van der Waals surface area contributed by atoms with E-state index in [2.05, 4.69) is 10.6 Å². The molecule has 136 valence electrons. The molecule has 2 N–H and O–H groups in total. The van der Waals surface area contributed by atoms with Crippen LogP contribution in [-0.2, 0) is 4.79 Å². The van der Waals surface area contributed by atoms with Gasteiger partial charge < -0.3 is 15.1 Å². The highest BCUT2D eigenvalue weighted by molar-refractivity contribution is 6.05.